The molecule has 4 rings (SSSR count). The van der Waals surface area contributed by atoms with Gasteiger partial charge in [-0.15, -0.1) is 11.8 Å². The van der Waals surface area contributed by atoms with Crippen LogP contribution in [-0.2, 0) is 20.6 Å². The second-order valence-corrected chi connectivity index (χ2v) is 11.8. The van der Waals surface area contributed by atoms with Crippen molar-refractivity contribution < 1.29 is 17.9 Å². The van der Waals surface area contributed by atoms with E-state index >= 15 is 0 Å². The molecule has 0 saturated heterocycles. The number of nitrogens with zero attached hydrogens (tertiary/aromatic N) is 1. The number of aryl methyl sites for hydroxylation is 1. The first-order valence-electron chi connectivity index (χ1n) is 11.8. The molecule has 0 atom stereocenters. The summed E-state index contributed by atoms with van der Waals surface area (Å²) in [6, 6.07) is 28.3. The highest BCUT2D eigenvalue weighted by Crippen LogP contribution is 2.34. The molecule has 196 valence electrons. The van der Waals surface area contributed by atoms with Crippen LogP contribution in [0.25, 0.3) is 0 Å². The minimum absolute atomic E-state index is 0.0790. The number of ether oxygens (including phenoxy) is 1. The quantitative estimate of drug-likeness (QED) is 0.214. The van der Waals surface area contributed by atoms with Crippen LogP contribution in [-0.4, -0.2) is 28.0 Å². The third kappa shape index (κ3) is 6.69. The van der Waals surface area contributed by atoms with Crippen molar-refractivity contribution in [1.82, 2.24) is 0 Å². The summed E-state index contributed by atoms with van der Waals surface area (Å²) in [5.41, 5.74) is 2.81. The average molecular weight is 567 g/mol. The fourth-order valence-electron chi connectivity index (χ4n) is 3.77. The second kappa shape index (κ2) is 12.4. The Hall–Kier alpha value is -3.46. The molecule has 0 unspecified atom stereocenters. The van der Waals surface area contributed by atoms with Gasteiger partial charge < -0.3 is 10.1 Å². The van der Waals surface area contributed by atoms with Crippen molar-refractivity contribution in [1.29, 1.82) is 0 Å². The number of para-hydroxylation sites is 1. The van der Waals surface area contributed by atoms with Crippen molar-refractivity contribution in [3.8, 4) is 5.75 Å². The third-order valence-corrected chi connectivity index (χ3v) is 8.86. The molecule has 1 N–H and O–H groups in total. The van der Waals surface area contributed by atoms with Gasteiger partial charge >= 0.3 is 0 Å². The minimum Gasteiger partial charge on any atom is -0.495 e. The highest BCUT2D eigenvalue weighted by molar-refractivity contribution is 7.98. The summed E-state index contributed by atoms with van der Waals surface area (Å²) >= 11 is 7.55. The molecule has 0 aromatic heterocycles. The van der Waals surface area contributed by atoms with Crippen molar-refractivity contribution in [2.45, 2.75) is 22.5 Å². The van der Waals surface area contributed by atoms with Crippen LogP contribution < -0.4 is 14.4 Å². The van der Waals surface area contributed by atoms with Crippen molar-refractivity contribution in [3.63, 3.8) is 0 Å². The van der Waals surface area contributed by atoms with Gasteiger partial charge in [0.15, 0.2) is 0 Å². The number of nitrogens with one attached hydrogen (secondary N) is 1. The number of carbonyl (C=O) groups is 1. The van der Waals surface area contributed by atoms with Gasteiger partial charge in [0.2, 0.25) is 5.91 Å². The van der Waals surface area contributed by atoms with Crippen LogP contribution in [0.5, 0.6) is 5.75 Å². The van der Waals surface area contributed by atoms with Gasteiger partial charge in [0.25, 0.3) is 10.0 Å². The first-order chi connectivity index (χ1) is 18.3. The first-order valence-corrected chi connectivity index (χ1v) is 14.6. The smallest absolute Gasteiger partial charge is 0.264 e. The Bertz CT molecular complexity index is 1510. The van der Waals surface area contributed by atoms with Gasteiger partial charge in [-0.2, -0.15) is 0 Å². The number of hydrogen-bond donors (Lipinski definition) is 1. The molecule has 0 saturated carbocycles. The number of halogens is 1. The van der Waals surface area contributed by atoms with Crippen molar-refractivity contribution in [3.05, 3.63) is 113 Å². The van der Waals surface area contributed by atoms with Gasteiger partial charge in [-0.25, -0.2) is 8.42 Å². The number of anilines is 2. The Morgan fingerprint density at radius 3 is 2.34 bits per heavy atom. The van der Waals surface area contributed by atoms with E-state index in [2.05, 4.69) is 5.32 Å². The molecule has 0 bridgehead atoms. The van der Waals surface area contributed by atoms with Crippen molar-refractivity contribution in [2.24, 2.45) is 0 Å². The van der Waals surface area contributed by atoms with E-state index in [0.717, 1.165) is 20.3 Å². The fraction of sp³-hybridized carbons (Fsp3) is 0.138. The predicted molar refractivity (Wildman–Crippen MR) is 155 cm³/mol. The zero-order valence-electron chi connectivity index (χ0n) is 20.9. The number of sulfonamides is 1. The molecule has 4 aromatic carbocycles. The lowest BCUT2D eigenvalue weighted by Gasteiger charge is -2.26. The average Bonchev–Trinajstić information content (AvgIpc) is 2.92. The molecule has 0 aliphatic carbocycles. The highest BCUT2D eigenvalue weighted by atomic mass is 35.5. The molecule has 0 heterocycles. The summed E-state index contributed by atoms with van der Waals surface area (Å²) in [7, 11) is -2.61. The number of methoxy groups -OCH3 is 1. The Morgan fingerprint density at radius 2 is 1.63 bits per heavy atom. The lowest BCUT2D eigenvalue weighted by Crippen LogP contribution is -2.38. The minimum atomic E-state index is -4.07. The summed E-state index contributed by atoms with van der Waals surface area (Å²) in [5.74, 6) is 0.549. The lowest BCUT2D eigenvalue weighted by molar-refractivity contribution is -0.114. The molecule has 9 heteroatoms. The number of hydrogen-bond acceptors (Lipinski definition) is 5. The van der Waals surface area contributed by atoms with Gasteiger partial charge in [-0.3, -0.25) is 9.10 Å². The van der Waals surface area contributed by atoms with Gasteiger partial charge in [0.05, 0.1) is 23.4 Å². The van der Waals surface area contributed by atoms with E-state index in [1.807, 2.05) is 55.5 Å². The molecule has 0 radical (unpaired) electrons. The topological polar surface area (TPSA) is 75.7 Å². The van der Waals surface area contributed by atoms with E-state index in [4.69, 9.17) is 16.3 Å². The number of rotatable bonds is 10. The van der Waals surface area contributed by atoms with Crippen LogP contribution in [0.1, 0.15) is 11.1 Å². The molecule has 38 heavy (non-hydrogen) atoms. The molecule has 6 nitrogen and oxygen atoms in total. The standard InChI is InChI=1S/C29H27ClN2O4S2/c1-21-12-17-27(36-2)26(18-21)32(38(34,35)24-8-4-3-5-9-24)19-29(33)31-25-10-6-7-11-28(25)37-20-22-13-15-23(30)16-14-22/h3-18H,19-20H2,1-2H3,(H,31,33). The molecule has 0 aliphatic heterocycles. The molecule has 0 aliphatic rings. The Kier molecular flexibility index (Phi) is 8.99. The van der Waals surface area contributed by atoms with E-state index < -0.39 is 22.5 Å². The summed E-state index contributed by atoms with van der Waals surface area (Å²) in [6.07, 6.45) is 0. The Balaban J connectivity index is 1.61. The molecule has 1 amide bonds. The summed E-state index contributed by atoms with van der Waals surface area (Å²) in [4.78, 5) is 14.3. The van der Waals surface area contributed by atoms with Crippen molar-refractivity contribution in [2.75, 3.05) is 23.3 Å². The van der Waals surface area contributed by atoms with E-state index in [1.54, 1.807) is 48.2 Å². The third-order valence-electron chi connectivity index (χ3n) is 5.69. The molecule has 4 aromatic rings. The van der Waals surface area contributed by atoms with Crippen LogP contribution in [0, 0.1) is 6.92 Å². The second-order valence-electron chi connectivity index (χ2n) is 8.46. The van der Waals surface area contributed by atoms with E-state index in [9.17, 15) is 13.2 Å². The van der Waals surface area contributed by atoms with Gasteiger partial charge in [0.1, 0.15) is 12.3 Å². The van der Waals surface area contributed by atoms with Crippen LogP contribution in [0.4, 0.5) is 11.4 Å². The fourth-order valence-corrected chi connectivity index (χ4v) is 6.31. The van der Waals surface area contributed by atoms with Gasteiger partial charge in [-0.1, -0.05) is 60.1 Å². The van der Waals surface area contributed by atoms with E-state index in [1.165, 1.54) is 19.2 Å². The maximum atomic E-state index is 13.7. The molecular formula is C29H27ClN2O4S2. The number of amides is 1. The summed E-state index contributed by atoms with van der Waals surface area (Å²) in [5, 5.41) is 3.58. The molecule has 0 fully saturated rings. The van der Waals surface area contributed by atoms with Gasteiger partial charge in [0, 0.05) is 15.7 Å². The monoisotopic (exact) mass is 566 g/mol. The Morgan fingerprint density at radius 1 is 0.947 bits per heavy atom. The zero-order valence-corrected chi connectivity index (χ0v) is 23.3. The lowest BCUT2D eigenvalue weighted by atomic mass is 10.2. The van der Waals surface area contributed by atoms with Crippen molar-refractivity contribution >= 4 is 50.7 Å². The Labute approximate surface area is 232 Å². The van der Waals surface area contributed by atoms with E-state index in [-0.39, 0.29) is 10.6 Å². The SMILES string of the molecule is COc1ccc(C)cc1N(CC(=O)Nc1ccccc1SCc1ccc(Cl)cc1)S(=O)(=O)c1ccccc1. The first kappa shape index (κ1) is 27.6. The molecular weight excluding hydrogens is 540 g/mol. The molecule has 0 spiro atoms. The van der Waals surface area contributed by atoms with Crippen LogP contribution in [0.2, 0.25) is 5.02 Å². The number of benzene rings is 4. The van der Waals surface area contributed by atoms with Gasteiger partial charge in [-0.05, 0) is 66.6 Å². The summed E-state index contributed by atoms with van der Waals surface area (Å²) in [6.45, 7) is 1.41. The maximum absolute atomic E-state index is 13.7. The summed E-state index contributed by atoms with van der Waals surface area (Å²) < 4.78 is 34.0. The predicted octanol–water partition coefficient (Wildman–Crippen LogP) is 6.78. The number of carbonyl (C=O) groups excluding carboxylic acids is 1. The van der Waals surface area contributed by atoms with Crippen LogP contribution in [0.15, 0.2) is 107 Å². The largest absolute Gasteiger partial charge is 0.495 e. The van der Waals surface area contributed by atoms with E-state index in [0.29, 0.717) is 22.2 Å². The highest BCUT2D eigenvalue weighted by Gasteiger charge is 2.29. The number of thioether (sulfide) groups is 1. The van der Waals surface area contributed by atoms with Crippen LogP contribution >= 0.6 is 23.4 Å². The van der Waals surface area contributed by atoms with Crippen LogP contribution in [0.3, 0.4) is 0 Å². The zero-order chi connectivity index (χ0) is 27.1. The maximum Gasteiger partial charge on any atom is 0.264 e. The normalized spacial score (nSPS) is 11.1.